The average molecular weight is 172 g/mol. The van der Waals surface area contributed by atoms with Crippen LogP contribution in [0.1, 0.15) is 73.1 Å². The van der Waals surface area contributed by atoms with Gasteiger partial charge in [0.2, 0.25) is 0 Å². The molecular weight excluding hydrogens is 144 g/mol. The molecule has 0 atom stereocenters. The Labute approximate surface area is 79.8 Å². The molecule has 0 unspecified atom stereocenters. The van der Waals surface area contributed by atoms with E-state index in [-0.39, 0.29) is 0 Å². The molecule has 2 aliphatic carbocycles. The maximum Gasteiger partial charge on any atom is -0.0443 e. The lowest BCUT2D eigenvalue weighted by atomic mass is 10.0. The SMILES string of the molecule is C1CCC1.CC.CC.CC1CC1. The van der Waals surface area contributed by atoms with Gasteiger partial charge in [0.05, 0.1) is 0 Å². The van der Waals surface area contributed by atoms with Gasteiger partial charge in [-0.05, 0) is 5.92 Å². The third-order valence-electron chi connectivity index (χ3n) is 1.87. The Kier molecular flexibility index (Phi) is 16.4. The molecule has 0 radical (unpaired) electrons. The fourth-order valence-electron chi connectivity index (χ4n) is 0.417. The first kappa shape index (κ1) is 14.5. The van der Waals surface area contributed by atoms with E-state index in [0.29, 0.717) is 0 Å². The van der Waals surface area contributed by atoms with Crippen LogP contribution in [-0.2, 0) is 0 Å². The average Bonchev–Trinajstić information content (AvgIpc) is 2.77. The quantitative estimate of drug-likeness (QED) is 0.481. The summed E-state index contributed by atoms with van der Waals surface area (Å²) in [6, 6.07) is 0. The van der Waals surface area contributed by atoms with E-state index in [2.05, 4.69) is 6.92 Å². The Balaban J connectivity index is 0. The van der Waals surface area contributed by atoms with Crippen LogP contribution in [0.3, 0.4) is 0 Å². The molecule has 76 valence electrons. The lowest BCUT2D eigenvalue weighted by molar-refractivity contribution is 0.504. The van der Waals surface area contributed by atoms with Crippen LogP contribution in [0.15, 0.2) is 0 Å². The molecule has 0 spiro atoms. The van der Waals surface area contributed by atoms with Gasteiger partial charge >= 0.3 is 0 Å². The third-order valence-corrected chi connectivity index (χ3v) is 1.87. The Bertz CT molecular complexity index is 45.1. The fraction of sp³-hybridized carbons (Fsp3) is 1.00. The predicted octanol–water partition coefficient (Wildman–Crippen LogP) is 5.03. The minimum absolute atomic E-state index is 1.08. The Morgan fingerprint density at radius 2 is 0.833 bits per heavy atom. The summed E-state index contributed by atoms with van der Waals surface area (Å²) in [6.07, 6.45) is 8.97. The standard InChI is InChI=1S/2C4H8.2C2H6/c1-4-2-3-4;1-2-4-3-1;2*1-2/h4H,2-3H2,1H3;1-4H2;2*1-2H3. The summed E-state index contributed by atoms with van der Waals surface area (Å²) in [5.41, 5.74) is 0. The van der Waals surface area contributed by atoms with Gasteiger partial charge in [-0.25, -0.2) is 0 Å². The molecule has 0 N–H and O–H groups in total. The van der Waals surface area contributed by atoms with Crippen LogP contribution in [0.5, 0.6) is 0 Å². The van der Waals surface area contributed by atoms with Crippen LogP contribution >= 0.6 is 0 Å². The van der Waals surface area contributed by atoms with Crippen molar-refractivity contribution in [3.05, 3.63) is 0 Å². The van der Waals surface area contributed by atoms with Crippen LogP contribution in [0.25, 0.3) is 0 Å². The van der Waals surface area contributed by atoms with Crippen LogP contribution < -0.4 is 0 Å². The molecule has 0 nitrogen and oxygen atoms in total. The maximum atomic E-state index is 2.28. The van der Waals surface area contributed by atoms with Crippen LogP contribution in [-0.4, -0.2) is 0 Å². The molecule has 0 aromatic heterocycles. The zero-order valence-electron chi connectivity index (χ0n) is 9.82. The molecule has 12 heavy (non-hydrogen) atoms. The second kappa shape index (κ2) is 13.6. The van der Waals surface area contributed by atoms with Crippen molar-refractivity contribution < 1.29 is 0 Å². The van der Waals surface area contributed by atoms with Crippen LogP contribution in [0.2, 0.25) is 0 Å². The molecule has 0 bridgehead atoms. The van der Waals surface area contributed by atoms with Gasteiger partial charge in [0.15, 0.2) is 0 Å². The van der Waals surface area contributed by atoms with Crippen molar-refractivity contribution in [2.45, 2.75) is 73.1 Å². The maximum absolute atomic E-state index is 2.28. The van der Waals surface area contributed by atoms with Gasteiger partial charge in [0.1, 0.15) is 0 Å². The molecule has 0 aromatic rings. The summed E-state index contributed by atoms with van der Waals surface area (Å²) < 4.78 is 0. The van der Waals surface area contributed by atoms with Crippen LogP contribution in [0, 0.1) is 5.92 Å². The second-order valence-electron chi connectivity index (χ2n) is 3.10. The van der Waals surface area contributed by atoms with E-state index in [4.69, 9.17) is 0 Å². The monoisotopic (exact) mass is 172 g/mol. The summed E-state index contributed by atoms with van der Waals surface area (Å²) in [7, 11) is 0. The molecule has 0 heteroatoms. The molecule has 0 saturated heterocycles. The van der Waals surface area contributed by atoms with E-state index in [1.54, 1.807) is 0 Å². The highest BCUT2D eigenvalue weighted by molar-refractivity contribution is 4.65. The normalized spacial score (nSPS) is 17.8. The van der Waals surface area contributed by atoms with Gasteiger partial charge < -0.3 is 0 Å². The van der Waals surface area contributed by atoms with E-state index < -0.39 is 0 Å². The Morgan fingerprint density at radius 1 is 0.667 bits per heavy atom. The molecule has 2 aliphatic rings. The molecule has 2 fully saturated rings. The number of rotatable bonds is 0. The lowest BCUT2D eigenvalue weighted by Crippen LogP contribution is -1.85. The summed E-state index contributed by atoms with van der Waals surface area (Å²) in [5.74, 6) is 1.08. The van der Waals surface area contributed by atoms with Crippen molar-refractivity contribution >= 4 is 0 Å². The number of hydrogen-bond acceptors (Lipinski definition) is 0. The van der Waals surface area contributed by atoms with Crippen molar-refractivity contribution in [3.8, 4) is 0 Å². The first-order chi connectivity index (χ1) is 5.89. The Morgan fingerprint density at radius 3 is 0.833 bits per heavy atom. The molecular formula is C12H28. The van der Waals surface area contributed by atoms with Gasteiger partial charge in [0, 0.05) is 0 Å². The minimum atomic E-state index is 1.08. The minimum Gasteiger partial charge on any atom is -0.0683 e. The molecule has 0 aliphatic heterocycles. The van der Waals surface area contributed by atoms with Gasteiger partial charge in [-0.1, -0.05) is 73.1 Å². The smallest absolute Gasteiger partial charge is 0.0443 e. The van der Waals surface area contributed by atoms with Gasteiger partial charge in [-0.15, -0.1) is 0 Å². The topological polar surface area (TPSA) is 0 Å². The zero-order valence-corrected chi connectivity index (χ0v) is 9.82. The third kappa shape index (κ3) is 16.5. The van der Waals surface area contributed by atoms with Gasteiger partial charge in [-0.2, -0.15) is 0 Å². The molecule has 2 saturated carbocycles. The van der Waals surface area contributed by atoms with Crippen molar-refractivity contribution in [1.29, 1.82) is 0 Å². The highest BCUT2D eigenvalue weighted by Crippen LogP contribution is 2.26. The lowest BCUT2D eigenvalue weighted by Gasteiger charge is -2.05. The summed E-state index contributed by atoms with van der Waals surface area (Å²) in [6.45, 7) is 10.3. The first-order valence-electron chi connectivity index (χ1n) is 5.89. The van der Waals surface area contributed by atoms with Crippen molar-refractivity contribution in [2.24, 2.45) is 5.92 Å². The summed E-state index contributed by atoms with van der Waals surface area (Å²) in [5, 5.41) is 0. The predicted molar refractivity (Wildman–Crippen MR) is 59.6 cm³/mol. The van der Waals surface area contributed by atoms with Crippen molar-refractivity contribution in [1.82, 2.24) is 0 Å². The largest absolute Gasteiger partial charge is 0.0683 e. The molecule has 2 rings (SSSR count). The van der Waals surface area contributed by atoms with E-state index >= 15 is 0 Å². The van der Waals surface area contributed by atoms with E-state index in [0.717, 1.165) is 5.92 Å². The fourth-order valence-corrected chi connectivity index (χ4v) is 0.417. The van der Waals surface area contributed by atoms with Crippen LogP contribution in [0.4, 0.5) is 0 Å². The van der Waals surface area contributed by atoms with E-state index in [1.165, 1.54) is 38.5 Å². The molecule has 0 aromatic carbocycles. The summed E-state index contributed by atoms with van der Waals surface area (Å²) in [4.78, 5) is 0. The van der Waals surface area contributed by atoms with Crippen molar-refractivity contribution in [2.75, 3.05) is 0 Å². The van der Waals surface area contributed by atoms with Crippen molar-refractivity contribution in [3.63, 3.8) is 0 Å². The zero-order chi connectivity index (χ0) is 9.82. The van der Waals surface area contributed by atoms with Gasteiger partial charge in [-0.3, -0.25) is 0 Å². The molecule has 0 heterocycles. The second-order valence-corrected chi connectivity index (χ2v) is 3.10. The van der Waals surface area contributed by atoms with E-state index in [1.807, 2.05) is 27.7 Å². The molecule has 0 amide bonds. The van der Waals surface area contributed by atoms with E-state index in [9.17, 15) is 0 Å². The Hall–Kier alpha value is 0. The highest BCUT2D eigenvalue weighted by Gasteiger charge is 2.12. The first-order valence-corrected chi connectivity index (χ1v) is 5.89. The summed E-state index contributed by atoms with van der Waals surface area (Å²) >= 11 is 0. The highest BCUT2D eigenvalue weighted by atomic mass is 14.2. The number of hydrogen-bond donors (Lipinski definition) is 0. The van der Waals surface area contributed by atoms with Gasteiger partial charge in [0.25, 0.3) is 0 Å².